The molecule has 2 heterocycles. The predicted molar refractivity (Wildman–Crippen MR) is 108 cm³/mol. The number of carbonyl (C=O) groups excluding carboxylic acids is 1. The van der Waals surface area contributed by atoms with Crippen LogP contribution < -0.4 is 10.4 Å². The van der Waals surface area contributed by atoms with Crippen molar-refractivity contribution in [1.82, 2.24) is 10.4 Å². The second kappa shape index (κ2) is 9.36. The first-order chi connectivity index (χ1) is 13.9. The topological polar surface area (TPSA) is 68.2 Å². The Labute approximate surface area is 169 Å². The van der Waals surface area contributed by atoms with E-state index in [1.165, 1.54) is 18.3 Å². The molecule has 6 nitrogen and oxygen atoms in total. The molecule has 0 spiro atoms. The zero-order valence-electron chi connectivity index (χ0n) is 15.7. The third kappa shape index (κ3) is 5.54. The van der Waals surface area contributed by atoms with Crippen molar-refractivity contribution < 1.29 is 21.7 Å². The molecule has 3 rings (SSSR count). The van der Waals surface area contributed by atoms with Crippen LogP contribution in [0.2, 0.25) is 0 Å². The molecule has 158 valence electrons. The van der Waals surface area contributed by atoms with Gasteiger partial charge in [-0.15, -0.1) is 11.7 Å². The zero-order chi connectivity index (χ0) is 20.9. The van der Waals surface area contributed by atoms with Crippen LogP contribution in [0.3, 0.4) is 0 Å². The van der Waals surface area contributed by atoms with Crippen molar-refractivity contribution in [3.05, 3.63) is 48.2 Å². The summed E-state index contributed by atoms with van der Waals surface area (Å²) in [4.78, 5) is 19.6. The number of carbonyl (C=O) groups is 1. The quantitative estimate of drug-likeness (QED) is 0.561. The van der Waals surface area contributed by atoms with Gasteiger partial charge in [0, 0.05) is 44.5 Å². The number of amides is 1. The fourth-order valence-electron chi connectivity index (χ4n) is 3.33. The van der Waals surface area contributed by atoms with Crippen molar-refractivity contribution in [3.8, 4) is 0 Å². The predicted octanol–water partition coefficient (Wildman–Crippen LogP) is 4.15. The summed E-state index contributed by atoms with van der Waals surface area (Å²) >= 11 is -5.24. The Hall–Kier alpha value is -2.46. The minimum atomic E-state index is -5.24. The van der Waals surface area contributed by atoms with Gasteiger partial charge < -0.3 is 9.80 Å². The number of aliphatic imine (C=N–C) groups is 1. The van der Waals surface area contributed by atoms with Crippen LogP contribution in [0, 0.1) is 0 Å². The number of nitrogens with zero attached hydrogens (tertiary/aromatic N) is 3. The van der Waals surface area contributed by atoms with Crippen molar-refractivity contribution in [1.29, 1.82) is 0 Å². The number of hydrogen-bond donors (Lipinski definition) is 2. The minimum absolute atomic E-state index is 0.261. The van der Waals surface area contributed by atoms with Gasteiger partial charge in [-0.2, -0.15) is 0 Å². The standard InChI is InChI=1S/C19H23F3N4O2S/c20-29(21,22)17-7-4-6-16(13-17)25-9-11-26(12-10-25)18-8-3-1-2-5-15(14-23-18)19(27)24-28/h2,4-7,13-14,28H,1,3,8-12H2,(H,24,27)/b5-2-,15-14+,23-18?. The summed E-state index contributed by atoms with van der Waals surface area (Å²) in [7, 11) is 0. The summed E-state index contributed by atoms with van der Waals surface area (Å²) in [5.74, 6) is 0.216. The molecule has 0 bridgehead atoms. The molecule has 2 N–H and O–H groups in total. The minimum Gasteiger partial charge on any atom is -0.368 e. The SMILES string of the molecule is O=C(NO)C1=C/N=C(N2CCN(c3cccc(S(F)(F)F)c3)CC2)CCC/C=C\1. The normalized spacial score (nSPS) is 21.8. The van der Waals surface area contributed by atoms with E-state index in [-0.39, 0.29) is 5.57 Å². The molecule has 0 radical (unpaired) electrons. The zero-order valence-corrected chi connectivity index (χ0v) is 16.5. The Morgan fingerprint density at radius 2 is 1.86 bits per heavy atom. The second-order valence-corrected chi connectivity index (χ2v) is 8.03. The van der Waals surface area contributed by atoms with Crippen molar-refractivity contribution in [3.63, 3.8) is 0 Å². The van der Waals surface area contributed by atoms with Crippen molar-refractivity contribution in [2.75, 3.05) is 31.1 Å². The van der Waals surface area contributed by atoms with Crippen molar-refractivity contribution >= 4 is 28.6 Å². The van der Waals surface area contributed by atoms with Crippen molar-refractivity contribution in [2.24, 2.45) is 4.99 Å². The molecular weight excluding hydrogens is 405 g/mol. The molecule has 0 unspecified atom stereocenters. The van der Waals surface area contributed by atoms with E-state index < -0.39 is 22.0 Å². The fraction of sp³-hybridized carbons (Fsp3) is 0.368. The number of nitrogens with one attached hydrogen (secondary N) is 1. The Kier molecular flexibility index (Phi) is 6.86. The molecule has 2 aliphatic heterocycles. The van der Waals surface area contributed by atoms with Gasteiger partial charge in [0.25, 0.3) is 5.91 Å². The maximum Gasteiger partial charge on any atom is 0.276 e. The smallest absolute Gasteiger partial charge is 0.276 e. The summed E-state index contributed by atoms with van der Waals surface area (Å²) in [5, 5.41) is 8.83. The number of hydrogen-bond acceptors (Lipinski definition) is 5. The molecule has 0 saturated carbocycles. The molecule has 1 amide bonds. The van der Waals surface area contributed by atoms with E-state index >= 15 is 0 Å². The number of anilines is 1. The van der Waals surface area contributed by atoms with Gasteiger partial charge >= 0.3 is 0 Å². The van der Waals surface area contributed by atoms with Crippen LogP contribution in [0.4, 0.5) is 17.3 Å². The maximum absolute atomic E-state index is 13.0. The van der Waals surface area contributed by atoms with E-state index in [0.717, 1.165) is 31.2 Å². The molecule has 0 atom stereocenters. The van der Waals surface area contributed by atoms with E-state index in [4.69, 9.17) is 5.21 Å². The van der Waals surface area contributed by atoms with E-state index in [1.807, 2.05) is 11.0 Å². The number of rotatable bonds is 3. The van der Waals surface area contributed by atoms with Gasteiger partial charge in [-0.25, -0.2) is 10.5 Å². The summed E-state index contributed by atoms with van der Waals surface area (Å²) in [5.41, 5.74) is 2.45. The Morgan fingerprint density at radius 3 is 2.55 bits per heavy atom. The summed E-state index contributed by atoms with van der Waals surface area (Å²) in [6.07, 6.45) is 7.32. The lowest BCUT2D eigenvalue weighted by Crippen LogP contribution is -2.48. The Balaban J connectivity index is 1.69. The van der Waals surface area contributed by atoms with Gasteiger partial charge in [-0.1, -0.05) is 18.2 Å². The summed E-state index contributed by atoms with van der Waals surface area (Å²) in [6, 6.07) is 5.49. The van der Waals surface area contributed by atoms with E-state index in [2.05, 4.69) is 9.89 Å². The van der Waals surface area contributed by atoms with Gasteiger partial charge in [0.05, 0.1) is 10.5 Å². The van der Waals surface area contributed by atoms with Crippen LogP contribution >= 0.6 is 11.2 Å². The lowest BCUT2D eigenvalue weighted by atomic mass is 10.1. The first kappa shape index (κ1) is 21.3. The Bertz CT molecular complexity index is 831. The van der Waals surface area contributed by atoms with E-state index in [9.17, 15) is 16.5 Å². The van der Waals surface area contributed by atoms with Crippen LogP contribution in [0.25, 0.3) is 0 Å². The van der Waals surface area contributed by atoms with Crippen molar-refractivity contribution in [2.45, 2.75) is 24.2 Å². The molecule has 1 saturated heterocycles. The highest BCUT2D eigenvalue weighted by atomic mass is 32.3. The maximum atomic E-state index is 13.0. The van der Waals surface area contributed by atoms with Gasteiger partial charge in [0.1, 0.15) is 5.84 Å². The number of benzene rings is 1. The molecule has 1 fully saturated rings. The molecule has 1 aromatic rings. The lowest BCUT2D eigenvalue weighted by Gasteiger charge is -2.38. The van der Waals surface area contributed by atoms with Gasteiger partial charge in [-0.05, 0) is 31.0 Å². The van der Waals surface area contributed by atoms with Crippen LogP contribution in [0.15, 0.2) is 58.1 Å². The van der Waals surface area contributed by atoms with E-state index in [0.29, 0.717) is 31.9 Å². The fourth-order valence-corrected chi connectivity index (χ4v) is 3.81. The molecule has 1 aromatic carbocycles. The number of hydroxylamine groups is 1. The van der Waals surface area contributed by atoms with Crippen LogP contribution in [-0.4, -0.2) is 48.0 Å². The van der Waals surface area contributed by atoms with Crippen LogP contribution in [-0.2, 0) is 4.79 Å². The number of amidine groups is 1. The molecule has 0 aliphatic carbocycles. The number of allylic oxidation sites excluding steroid dienone is 1. The largest absolute Gasteiger partial charge is 0.368 e. The first-order valence-corrected chi connectivity index (χ1v) is 10.6. The summed E-state index contributed by atoms with van der Waals surface area (Å²) in [6.45, 7) is 2.43. The molecule has 2 aliphatic rings. The molecule has 0 aromatic heterocycles. The van der Waals surface area contributed by atoms with Gasteiger partial charge in [-0.3, -0.25) is 10.0 Å². The summed E-state index contributed by atoms with van der Waals surface area (Å²) < 4.78 is 39.1. The highest BCUT2D eigenvalue weighted by Gasteiger charge is 2.26. The van der Waals surface area contributed by atoms with Gasteiger partial charge in [0.2, 0.25) is 11.2 Å². The van der Waals surface area contributed by atoms with Crippen LogP contribution in [0.1, 0.15) is 19.3 Å². The van der Waals surface area contributed by atoms with E-state index in [1.54, 1.807) is 17.6 Å². The Morgan fingerprint density at radius 1 is 1.14 bits per heavy atom. The average Bonchev–Trinajstić information content (AvgIpc) is 2.85. The second-order valence-electron chi connectivity index (χ2n) is 6.74. The molecule has 29 heavy (non-hydrogen) atoms. The third-order valence-corrected chi connectivity index (χ3v) is 5.67. The van der Waals surface area contributed by atoms with Crippen LogP contribution in [0.5, 0.6) is 0 Å². The number of halogens is 3. The lowest BCUT2D eigenvalue weighted by molar-refractivity contribution is -0.124. The monoisotopic (exact) mass is 428 g/mol. The first-order valence-electron chi connectivity index (χ1n) is 9.28. The molecule has 10 heteroatoms. The third-order valence-electron chi connectivity index (χ3n) is 4.88. The number of piperazine rings is 1. The average molecular weight is 428 g/mol. The van der Waals surface area contributed by atoms with Gasteiger partial charge in [0.15, 0.2) is 0 Å². The molecular formula is C19H23F3N4O2S. The highest BCUT2D eigenvalue weighted by Crippen LogP contribution is 2.60. The highest BCUT2D eigenvalue weighted by molar-refractivity contribution is 8.20.